The molecule has 0 N–H and O–H groups in total. The third-order valence-corrected chi connectivity index (χ3v) is 3.98. The van der Waals surface area contributed by atoms with Gasteiger partial charge in [-0.25, -0.2) is 4.98 Å². The van der Waals surface area contributed by atoms with E-state index in [4.69, 9.17) is 0 Å². The average Bonchev–Trinajstić information content (AvgIpc) is 2.60. The summed E-state index contributed by atoms with van der Waals surface area (Å²) in [5, 5.41) is 0. The Morgan fingerprint density at radius 1 is 1.29 bits per heavy atom. The van der Waals surface area contributed by atoms with Gasteiger partial charge in [-0.2, -0.15) is 0 Å². The minimum Gasteiger partial charge on any atom is -0.328 e. The van der Waals surface area contributed by atoms with Crippen LogP contribution < -0.4 is 0 Å². The highest BCUT2D eigenvalue weighted by atomic mass is 79.9. The molecule has 1 aromatic carbocycles. The Hall–Kier alpha value is -1.09. The minimum atomic E-state index is 0.539. The third-order valence-electron chi connectivity index (χ3n) is 3.05. The first-order valence-corrected chi connectivity index (χ1v) is 6.57. The zero-order valence-electron chi connectivity index (χ0n) is 10.7. The van der Waals surface area contributed by atoms with E-state index in [-0.39, 0.29) is 0 Å². The van der Waals surface area contributed by atoms with Gasteiger partial charge < -0.3 is 4.57 Å². The summed E-state index contributed by atoms with van der Waals surface area (Å²) in [5.41, 5.74) is 4.84. The molecule has 0 amide bonds. The first-order chi connectivity index (χ1) is 8.00. The van der Waals surface area contributed by atoms with Crippen molar-refractivity contribution in [3.63, 3.8) is 0 Å². The van der Waals surface area contributed by atoms with E-state index >= 15 is 0 Å². The maximum absolute atomic E-state index is 4.46. The lowest BCUT2D eigenvalue weighted by molar-refractivity contribution is 0.866. The van der Waals surface area contributed by atoms with Gasteiger partial charge in [-0.15, -0.1) is 0 Å². The van der Waals surface area contributed by atoms with Crippen LogP contribution in [0.3, 0.4) is 0 Å². The highest BCUT2D eigenvalue weighted by Gasteiger charge is 2.12. The Bertz CT molecular complexity index is 541. The Balaban J connectivity index is 2.58. The number of aryl methyl sites for hydroxylation is 2. The zero-order chi connectivity index (χ0) is 12.6. The molecule has 2 rings (SSSR count). The summed E-state index contributed by atoms with van der Waals surface area (Å²) in [5.74, 6) is 0.539. The predicted octanol–water partition coefficient (Wildman–Crippen LogP) is 4.28. The van der Waals surface area contributed by atoms with Gasteiger partial charge in [0.15, 0.2) is 0 Å². The summed E-state index contributed by atoms with van der Waals surface area (Å²) in [4.78, 5) is 4.46. The molecule has 1 aromatic heterocycles. The maximum Gasteiger partial charge on any atom is 0.112 e. The molecule has 0 aliphatic rings. The van der Waals surface area contributed by atoms with E-state index in [0.29, 0.717) is 5.92 Å². The van der Waals surface area contributed by atoms with Gasteiger partial charge in [0.25, 0.3) is 0 Å². The molecule has 0 aliphatic carbocycles. The second kappa shape index (κ2) is 4.65. The van der Waals surface area contributed by atoms with Crippen molar-refractivity contribution in [3.05, 3.63) is 40.3 Å². The molecule has 90 valence electrons. The van der Waals surface area contributed by atoms with Gasteiger partial charge in [-0.3, -0.25) is 0 Å². The number of halogens is 1. The molecule has 2 aromatic rings. The Morgan fingerprint density at radius 2 is 2.00 bits per heavy atom. The summed E-state index contributed by atoms with van der Waals surface area (Å²) in [6.45, 7) is 6.55. The molecule has 0 radical (unpaired) electrons. The van der Waals surface area contributed by atoms with Crippen molar-refractivity contribution in [2.75, 3.05) is 0 Å². The summed E-state index contributed by atoms with van der Waals surface area (Å²) >= 11 is 3.58. The SMILES string of the molecule is Cc1ccc(C(C)C)cc1-c1ncn(C)c1Br. The number of benzene rings is 1. The highest BCUT2D eigenvalue weighted by Crippen LogP contribution is 2.31. The lowest BCUT2D eigenvalue weighted by atomic mass is 9.96. The van der Waals surface area contributed by atoms with Gasteiger partial charge in [0.2, 0.25) is 0 Å². The van der Waals surface area contributed by atoms with Crippen LogP contribution in [0.15, 0.2) is 29.1 Å². The summed E-state index contributed by atoms with van der Waals surface area (Å²) in [6, 6.07) is 6.61. The van der Waals surface area contributed by atoms with Crippen LogP contribution in [0.5, 0.6) is 0 Å². The maximum atomic E-state index is 4.46. The predicted molar refractivity (Wildman–Crippen MR) is 75.2 cm³/mol. The molecule has 0 bridgehead atoms. The van der Waals surface area contributed by atoms with Crippen LogP contribution in [-0.2, 0) is 7.05 Å². The lowest BCUT2D eigenvalue weighted by Crippen LogP contribution is -1.92. The van der Waals surface area contributed by atoms with Gasteiger partial charge in [0.05, 0.1) is 6.33 Å². The van der Waals surface area contributed by atoms with Crippen molar-refractivity contribution in [1.29, 1.82) is 0 Å². The molecular formula is C14H17BrN2. The van der Waals surface area contributed by atoms with Crippen molar-refractivity contribution in [1.82, 2.24) is 9.55 Å². The quantitative estimate of drug-likeness (QED) is 0.808. The number of hydrogen-bond acceptors (Lipinski definition) is 1. The second-order valence-corrected chi connectivity index (χ2v) is 5.48. The Labute approximate surface area is 111 Å². The lowest BCUT2D eigenvalue weighted by Gasteiger charge is -2.10. The molecule has 0 spiro atoms. The van der Waals surface area contributed by atoms with E-state index in [0.717, 1.165) is 10.3 Å². The number of nitrogens with zero attached hydrogens (tertiary/aromatic N) is 2. The van der Waals surface area contributed by atoms with Crippen LogP contribution in [0.25, 0.3) is 11.3 Å². The minimum absolute atomic E-state index is 0.539. The Morgan fingerprint density at radius 3 is 2.53 bits per heavy atom. The molecule has 3 heteroatoms. The van der Waals surface area contributed by atoms with Crippen molar-refractivity contribution < 1.29 is 0 Å². The molecule has 17 heavy (non-hydrogen) atoms. The van der Waals surface area contributed by atoms with Gasteiger partial charge in [-0.05, 0) is 46.0 Å². The summed E-state index contributed by atoms with van der Waals surface area (Å²) in [6.07, 6.45) is 1.83. The molecule has 1 heterocycles. The first kappa shape index (κ1) is 12.4. The normalized spacial score (nSPS) is 11.2. The van der Waals surface area contributed by atoms with E-state index in [2.05, 4.69) is 59.9 Å². The van der Waals surface area contributed by atoms with Gasteiger partial charge in [-0.1, -0.05) is 26.0 Å². The molecule has 0 saturated heterocycles. The fraction of sp³-hybridized carbons (Fsp3) is 0.357. The highest BCUT2D eigenvalue weighted by molar-refractivity contribution is 9.10. The third kappa shape index (κ3) is 2.29. The van der Waals surface area contributed by atoms with Crippen LogP contribution in [0.4, 0.5) is 0 Å². The van der Waals surface area contributed by atoms with Crippen molar-refractivity contribution >= 4 is 15.9 Å². The van der Waals surface area contributed by atoms with Gasteiger partial charge in [0.1, 0.15) is 10.3 Å². The first-order valence-electron chi connectivity index (χ1n) is 5.78. The van der Waals surface area contributed by atoms with Crippen LogP contribution in [0.1, 0.15) is 30.9 Å². The molecule has 0 fully saturated rings. The number of hydrogen-bond donors (Lipinski definition) is 0. The fourth-order valence-corrected chi connectivity index (χ4v) is 2.26. The number of imidazole rings is 1. The standard InChI is InChI=1S/C14H17BrN2/c1-9(2)11-6-5-10(3)12(7-11)13-14(15)17(4)8-16-13/h5-9H,1-4H3. The van der Waals surface area contributed by atoms with E-state index in [1.54, 1.807) is 0 Å². The summed E-state index contributed by atoms with van der Waals surface area (Å²) in [7, 11) is 1.99. The van der Waals surface area contributed by atoms with Crippen LogP contribution in [0.2, 0.25) is 0 Å². The fourth-order valence-electron chi connectivity index (χ4n) is 1.85. The smallest absolute Gasteiger partial charge is 0.112 e. The van der Waals surface area contributed by atoms with E-state index in [1.807, 2.05) is 17.9 Å². The van der Waals surface area contributed by atoms with E-state index < -0.39 is 0 Å². The van der Waals surface area contributed by atoms with E-state index in [1.165, 1.54) is 16.7 Å². The Kier molecular flexibility index (Phi) is 3.38. The van der Waals surface area contributed by atoms with Crippen LogP contribution in [0, 0.1) is 6.92 Å². The molecular weight excluding hydrogens is 276 g/mol. The molecule has 0 unspecified atom stereocenters. The van der Waals surface area contributed by atoms with E-state index in [9.17, 15) is 0 Å². The van der Waals surface area contributed by atoms with Crippen molar-refractivity contribution in [3.8, 4) is 11.3 Å². The molecule has 0 atom stereocenters. The van der Waals surface area contributed by atoms with Gasteiger partial charge in [0, 0.05) is 12.6 Å². The van der Waals surface area contributed by atoms with Crippen molar-refractivity contribution in [2.24, 2.45) is 7.05 Å². The molecule has 0 aliphatic heterocycles. The van der Waals surface area contributed by atoms with Crippen molar-refractivity contribution in [2.45, 2.75) is 26.7 Å². The molecule has 0 saturated carbocycles. The van der Waals surface area contributed by atoms with Crippen LogP contribution >= 0.6 is 15.9 Å². The number of aromatic nitrogens is 2. The largest absolute Gasteiger partial charge is 0.328 e. The monoisotopic (exact) mass is 292 g/mol. The topological polar surface area (TPSA) is 17.8 Å². The average molecular weight is 293 g/mol. The van der Waals surface area contributed by atoms with Gasteiger partial charge >= 0.3 is 0 Å². The number of rotatable bonds is 2. The summed E-state index contributed by atoms with van der Waals surface area (Å²) < 4.78 is 3.01. The second-order valence-electron chi connectivity index (χ2n) is 4.72. The zero-order valence-corrected chi connectivity index (χ0v) is 12.2. The van der Waals surface area contributed by atoms with Crippen LogP contribution in [-0.4, -0.2) is 9.55 Å². The molecule has 2 nitrogen and oxygen atoms in total.